The number of piperidine rings is 1. The van der Waals surface area contributed by atoms with Gasteiger partial charge in [-0.15, -0.1) is 12.4 Å². The molecule has 1 aliphatic heterocycles. The number of carbonyl (C=O) groups is 2. The van der Waals surface area contributed by atoms with E-state index in [1.807, 2.05) is 45.0 Å². The molecule has 0 aromatic heterocycles. The van der Waals surface area contributed by atoms with Crippen LogP contribution < -0.4 is 11.1 Å². The van der Waals surface area contributed by atoms with Crippen LogP contribution in [0.2, 0.25) is 0 Å². The molecule has 2 rings (SSSR count). The molecule has 3 N–H and O–H groups in total. The first-order valence-electron chi connectivity index (χ1n) is 9.32. The zero-order chi connectivity index (χ0) is 18.4. The molecular formula is C20H32ClN3O2. The molecule has 0 saturated carbocycles. The van der Waals surface area contributed by atoms with Crippen LogP contribution in [0.25, 0.3) is 0 Å². The van der Waals surface area contributed by atoms with Crippen LogP contribution in [0.1, 0.15) is 55.5 Å². The zero-order valence-corrected chi connectivity index (χ0v) is 16.9. The summed E-state index contributed by atoms with van der Waals surface area (Å²) in [4.78, 5) is 27.2. The van der Waals surface area contributed by atoms with E-state index in [4.69, 9.17) is 5.73 Å². The monoisotopic (exact) mass is 381 g/mol. The largest absolute Gasteiger partial charge is 0.349 e. The number of nitrogens with zero attached hydrogens (tertiary/aromatic N) is 1. The number of likely N-dealkylation sites (tertiary alicyclic amines) is 1. The summed E-state index contributed by atoms with van der Waals surface area (Å²) in [5.41, 5.74) is 7.37. The highest BCUT2D eigenvalue weighted by molar-refractivity contribution is 5.94. The summed E-state index contributed by atoms with van der Waals surface area (Å²) >= 11 is 0. The van der Waals surface area contributed by atoms with Gasteiger partial charge in [-0.3, -0.25) is 9.59 Å². The van der Waals surface area contributed by atoms with Gasteiger partial charge in [0.2, 0.25) is 5.91 Å². The lowest BCUT2D eigenvalue weighted by Crippen LogP contribution is -2.56. The Morgan fingerprint density at radius 3 is 2.38 bits per heavy atom. The highest BCUT2D eigenvalue weighted by Gasteiger charge is 2.33. The van der Waals surface area contributed by atoms with Gasteiger partial charge in [-0.05, 0) is 44.7 Å². The topological polar surface area (TPSA) is 75.4 Å². The Bertz CT molecular complexity index is 591. The number of halogens is 1. The summed E-state index contributed by atoms with van der Waals surface area (Å²) in [6.45, 7) is 7.72. The van der Waals surface area contributed by atoms with Gasteiger partial charge in [0.1, 0.15) is 0 Å². The number of benzene rings is 1. The van der Waals surface area contributed by atoms with Gasteiger partial charge in [-0.2, -0.15) is 0 Å². The van der Waals surface area contributed by atoms with Gasteiger partial charge in [0, 0.05) is 25.2 Å². The molecule has 1 fully saturated rings. The molecule has 1 saturated heterocycles. The van der Waals surface area contributed by atoms with Crippen LogP contribution in [0.4, 0.5) is 0 Å². The lowest BCUT2D eigenvalue weighted by molar-refractivity contribution is -0.128. The predicted octanol–water partition coefficient (Wildman–Crippen LogP) is 2.90. The van der Waals surface area contributed by atoms with Crippen molar-refractivity contribution in [3.63, 3.8) is 0 Å². The first-order chi connectivity index (χ1) is 11.9. The summed E-state index contributed by atoms with van der Waals surface area (Å²) in [5, 5.41) is 3.15. The smallest absolute Gasteiger partial charge is 0.253 e. The Hall–Kier alpha value is -1.59. The van der Waals surface area contributed by atoms with Gasteiger partial charge in [-0.25, -0.2) is 0 Å². The van der Waals surface area contributed by atoms with E-state index in [2.05, 4.69) is 5.32 Å². The second-order valence-corrected chi connectivity index (χ2v) is 7.14. The second-order valence-electron chi connectivity index (χ2n) is 7.14. The standard InChI is InChI=1S/C20H31N3O2.ClH/c1-4-20(5-2,14-21)22-18(24)17-7-6-12-23(13-17)19(25)16-10-8-15(3)9-11-16;/h8-11,17H,4-7,12-14,21H2,1-3H3,(H,22,24);1H. The maximum Gasteiger partial charge on any atom is 0.253 e. The fraction of sp³-hybridized carbons (Fsp3) is 0.600. The molecule has 1 aliphatic rings. The summed E-state index contributed by atoms with van der Waals surface area (Å²) in [6.07, 6.45) is 3.29. The van der Waals surface area contributed by atoms with Gasteiger partial charge in [0.25, 0.3) is 5.91 Å². The fourth-order valence-corrected chi connectivity index (χ4v) is 3.38. The van der Waals surface area contributed by atoms with Crippen molar-refractivity contribution < 1.29 is 9.59 Å². The number of nitrogens with two attached hydrogens (primary N) is 1. The molecule has 0 spiro atoms. The van der Waals surface area contributed by atoms with Crippen molar-refractivity contribution in [1.29, 1.82) is 0 Å². The molecule has 2 amide bonds. The quantitative estimate of drug-likeness (QED) is 0.795. The number of aryl methyl sites for hydroxylation is 1. The van der Waals surface area contributed by atoms with E-state index in [-0.39, 0.29) is 35.7 Å². The van der Waals surface area contributed by atoms with E-state index < -0.39 is 0 Å². The van der Waals surface area contributed by atoms with Crippen molar-refractivity contribution in [2.24, 2.45) is 11.7 Å². The Morgan fingerprint density at radius 2 is 1.85 bits per heavy atom. The molecule has 1 aromatic rings. The summed E-state index contributed by atoms with van der Waals surface area (Å²) in [6, 6.07) is 7.60. The number of hydrogen-bond donors (Lipinski definition) is 2. The van der Waals surface area contributed by atoms with Crippen molar-refractivity contribution in [3.05, 3.63) is 35.4 Å². The van der Waals surface area contributed by atoms with E-state index in [0.717, 1.165) is 31.2 Å². The Labute approximate surface area is 163 Å². The number of rotatable bonds is 6. The molecule has 0 bridgehead atoms. The third-order valence-corrected chi connectivity index (χ3v) is 5.51. The van der Waals surface area contributed by atoms with E-state index in [0.29, 0.717) is 25.2 Å². The number of hydrogen-bond acceptors (Lipinski definition) is 3. The van der Waals surface area contributed by atoms with Gasteiger partial charge in [0.15, 0.2) is 0 Å². The van der Waals surface area contributed by atoms with Crippen LogP contribution >= 0.6 is 12.4 Å². The molecule has 6 heteroatoms. The SMILES string of the molecule is CCC(CC)(CN)NC(=O)C1CCCN(C(=O)c2ccc(C)cc2)C1.Cl. The third kappa shape index (κ3) is 5.21. The summed E-state index contributed by atoms with van der Waals surface area (Å²) in [5.74, 6) is -0.128. The van der Waals surface area contributed by atoms with Crippen molar-refractivity contribution in [2.75, 3.05) is 19.6 Å². The van der Waals surface area contributed by atoms with Crippen LogP contribution in [0, 0.1) is 12.8 Å². The molecule has 146 valence electrons. The molecule has 1 heterocycles. The summed E-state index contributed by atoms with van der Waals surface area (Å²) < 4.78 is 0. The highest BCUT2D eigenvalue weighted by Crippen LogP contribution is 2.21. The average molecular weight is 382 g/mol. The molecule has 1 atom stereocenters. The van der Waals surface area contributed by atoms with Crippen molar-refractivity contribution in [3.8, 4) is 0 Å². The van der Waals surface area contributed by atoms with Crippen molar-refractivity contribution >= 4 is 24.2 Å². The lowest BCUT2D eigenvalue weighted by Gasteiger charge is -2.36. The average Bonchev–Trinajstić information content (AvgIpc) is 2.66. The number of carbonyl (C=O) groups excluding carboxylic acids is 2. The number of nitrogens with one attached hydrogen (secondary N) is 1. The molecular weight excluding hydrogens is 350 g/mol. The Morgan fingerprint density at radius 1 is 1.23 bits per heavy atom. The predicted molar refractivity (Wildman–Crippen MR) is 108 cm³/mol. The molecule has 26 heavy (non-hydrogen) atoms. The summed E-state index contributed by atoms with van der Waals surface area (Å²) in [7, 11) is 0. The van der Waals surface area contributed by atoms with E-state index >= 15 is 0 Å². The van der Waals surface area contributed by atoms with Crippen LogP contribution in [0.5, 0.6) is 0 Å². The normalized spacial score (nSPS) is 17.4. The van der Waals surface area contributed by atoms with Crippen LogP contribution in [-0.4, -0.2) is 41.9 Å². The van der Waals surface area contributed by atoms with Crippen LogP contribution in [0.15, 0.2) is 24.3 Å². The van der Waals surface area contributed by atoms with E-state index in [1.165, 1.54) is 0 Å². The van der Waals surface area contributed by atoms with Crippen molar-refractivity contribution in [2.45, 2.75) is 52.0 Å². The maximum atomic E-state index is 12.7. The van der Waals surface area contributed by atoms with E-state index in [9.17, 15) is 9.59 Å². The Kier molecular flexibility index (Phi) is 8.57. The van der Waals surface area contributed by atoms with Gasteiger partial charge in [-0.1, -0.05) is 31.5 Å². The highest BCUT2D eigenvalue weighted by atomic mass is 35.5. The van der Waals surface area contributed by atoms with Crippen molar-refractivity contribution in [1.82, 2.24) is 10.2 Å². The lowest BCUT2D eigenvalue weighted by atomic mass is 9.90. The molecule has 0 radical (unpaired) electrons. The third-order valence-electron chi connectivity index (χ3n) is 5.51. The molecule has 1 aromatic carbocycles. The van der Waals surface area contributed by atoms with Gasteiger partial charge < -0.3 is 16.0 Å². The maximum absolute atomic E-state index is 12.7. The molecule has 0 aliphatic carbocycles. The molecule has 1 unspecified atom stereocenters. The van der Waals surface area contributed by atoms with Gasteiger partial charge >= 0.3 is 0 Å². The number of amides is 2. The minimum atomic E-state index is -0.333. The second kappa shape index (κ2) is 9.93. The first kappa shape index (κ1) is 22.5. The van der Waals surface area contributed by atoms with E-state index in [1.54, 1.807) is 4.90 Å². The zero-order valence-electron chi connectivity index (χ0n) is 16.1. The minimum Gasteiger partial charge on any atom is -0.349 e. The molecule has 5 nitrogen and oxygen atoms in total. The van der Waals surface area contributed by atoms with Gasteiger partial charge in [0.05, 0.1) is 11.5 Å². The Balaban J connectivity index is 0.00000338. The first-order valence-corrected chi connectivity index (χ1v) is 9.32. The van der Waals surface area contributed by atoms with Crippen LogP contribution in [-0.2, 0) is 4.79 Å². The van der Waals surface area contributed by atoms with Crippen LogP contribution in [0.3, 0.4) is 0 Å². The fourth-order valence-electron chi connectivity index (χ4n) is 3.38. The minimum absolute atomic E-state index is 0.